The van der Waals surface area contributed by atoms with E-state index in [0.717, 1.165) is 31.5 Å². The summed E-state index contributed by atoms with van der Waals surface area (Å²) in [7, 11) is -3.76. The van der Waals surface area contributed by atoms with Crippen LogP contribution in [0.2, 0.25) is 0 Å². The van der Waals surface area contributed by atoms with Crippen molar-refractivity contribution in [1.29, 1.82) is 0 Å². The Kier molecular flexibility index (Phi) is 6.11. The molecule has 2 saturated heterocycles. The van der Waals surface area contributed by atoms with Crippen molar-refractivity contribution in [3.63, 3.8) is 0 Å². The van der Waals surface area contributed by atoms with Crippen LogP contribution in [0.4, 0.5) is 5.69 Å². The summed E-state index contributed by atoms with van der Waals surface area (Å²) in [5.74, 6) is -0.0949. The first-order valence-electron chi connectivity index (χ1n) is 10.7. The highest BCUT2D eigenvalue weighted by atomic mass is 32.2. The summed E-state index contributed by atoms with van der Waals surface area (Å²) in [6.45, 7) is 5.69. The second-order valence-corrected chi connectivity index (χ2v) is 9.95. The van der Waals surface area contributed by atoms with Crippen LogP contribution in [-0.2, 0) is 10.0 Å². The lowest BCUT2D eigenvalue weighted by molar-refractivity contribution is 0.0644. The second-order valence-electron chi connectivity index (χ2n) is 8.27. The number of amides is 1. The van der Waals surface area contributed by atoms with Crippen LogP contribution in [0.1, 0.15) is 41.6 Å². The summed E-state index contributed by atoms with van der Waals surface area (Å²) in [6, 6.07) is 14.1. The number of nitrogens with one attached hydrogen (secondary N) is 1. The van der Waals surface area contributed by atoms with Gasteiger partial charge in [0.2, 0.25) is 0 Å². The van der Waals surface area contributed by atoms with Crippen LogP contribution in [0.3, 0.4) is 0 Å². The van der Waals surface area contributed by atoms with Crippen molar-refractivity contribution in [3.8, 4) is 0 Å². The summed E-state index contributed by atoms with van der Waals surface area (Å²) >= 11 is 0. The van der Waals surface area contributed by atoms with Crippen molar-refractivity contribution in [1.82, 2.24) is 9.80 Å². The molecule has 30 heavy (non-hydrogen) atoms. The topological polar surface area (TPSA) is 69.7 Å². The molecule has 2 aromatic rings. The second kappa shape index (κ2) is 8.78. The molecule has 0 atom stereocenters. The van der Waals surface area contributed by atoms with Gasteiger partial charge in [-0.15, -0.1) is 0 Å². The molecule has 0 radical (unpaired) electrons. The van der Waals surface area contributed by atoms with E-state index in [1.807, 2.05) is 17.9 Å². The Morgan fingerprint density at radius 2 is 1.67 bits per heavy atom. The number of hydrogen-bond donors (Lipinski definition) is 1. The largest absolute Gasteiger partial charge is 0.339 e. The number of sulfonamides is 1. The van der Waals surface area contributed by atoms with Gasteiger partial charge in [0.15, 0.2) is 0 Å². The first-order valence-corrected chi connectivity index (χ1v) is 12.1. The maximum atomic E-state index is 13.0. The number of nitrogens with zero attached hydrogens (tertiary/aromatic N) is 2. The highest BCUT2D eigenvalue weighted by Gasteiger charge is 2.29. The van der Waals surface area contributed by atoms with Crippen LogP contribution in [0.15, 0.2) is 53.4 Å². The van der Waals surface area contributed by atoms with E-state index in [1.165, 1.54) is 38.1 Å². The minimum Gasteiger partial charge on any atom is -0.339 e. The first kappa shape index (κ1) is 20.9. The molecule has 0 saturated carbocycles. The third-order valence-electron chi connectivity index (χ3n) is 6.07. The van der Waals surface area contributed by atoms with E-state index in [2.05, 4.69) is 9.62 Å². The predicted molar refractivity (Wildman–Crippen MR) is 118 cm³/mol. The molecule has 1 N–H and O–H groups in total. The highest BCUT2D eigenvalue weighted by molar-refractivity contribution is 7.92. The molecule has 0 aliphatic carbocycles. The predicted octanol–water partition coefficient (Wildman–Crippen LogP) is 3.50. The maximum Gasteiger partial charge on any atom is 0.261 e. The zero-order valence-electron chi connectivity index (χ0n) is 17.4. The monoisotopic (exact) mass is 427 g/mol. The molecule has 0 spiro atoms. The lowest BCUT2D eigenvalue weighted by atomic mass is 10.0. The van der Waals surface area contributed by atoms with Crippen molar-refractivity contribution >= 4 is 21.6 Å². The smallest absolute Gasteiger partial charge is 0.261 e. The van der Waals surface area contributed by atoms with Gasteiger partial charge in [-0.25, -0.2) is 8.42 Å². The minimum atomic E-state index is -3.76. The molecule has 6 nitrogen and oxygen atoms in total. The van der Waals surface area contributed by atoms with E-state index in [4.69, 9.17) is 0 Å². The molecule has 160 valence electrons. The van der Waals surface area contributed by atoms with Crippen LogP contribution in [0.25, 0.3) is 0 Å². The third kappa shape index (κ3) is 4.68. The molecule has 2 heterocycles. The maximum absolute atomic E-state index is 13.0. The number of carbonyl (C=O) groups is 1. The third-order valence-corrected chi connectivity index (χ3v) is 7.45. The van der Waals surface area contributed by atoms with E-state index in [-0.39, 0.29) is 10.8 Å². The summed E-state index contributed by atoms with van der Waals surface area (Å²) in [4.78, 5) is 17.5. The molecule has 2 aromatic carbocycles. The van der Waals surface area contributed by atoms with Crippen molar-refractivity contribution < 1.29 is 13.2 Å². The van der Waals surface area contributed by atoms with Crippen LogP contribution >= 0.6 is 0 Å². The van der Waals surface area contributed by atoms with Gasteiger partial charge in [0.25, 0.3) is 15.9 Å². The molecule has 7 heteroatoms. The average molecular weight is 428 g/mol. The molecule has 0 bridgehead atoms. The zero-order chi connectivity index (χ0) is 21.1. The molecule has 2 aliphatic heterocycles. The number of rotatable bonds is 5. The van der Waals surface area contributed by atoms with E-state index >= 15 is 0 Å². The normalized spacial score (nSPS) is 18.5. The SMILES string of the molecule is Cc1cccc(NS(=O)(=O)c2cccc(C(=O)N3CCC(N4CCCC4)CC3)c2)c1. The number of anilines is 1. The Hall–Kier alpha value is -2.38. The van der Waals surface area contributed by atoms with Crippen LogP contribution < -0.4 is 4.72 Å². The lowest BCUT2D eigenvalue weighted by Crippen LogP contribution is -2.45. The Bertz CT molecular complexity index is 1010. The Morgan fingerprint density at radius 3 is 2.37 bits per heavy atom. The molecule has 1 amide bonds. The Balaban J connectivity index is 1.44. The number of piperidine rings is 1. The molecule has 4 rings (SSSR count). The average Bonchev–Trinajstić information content (AvgIpc) is 3.28. The van der Waals surface area contributed by atoms with Gasteiger partial charge in [-0.2, -0.15) is 0 Å². The molecular formula is C23H29N3O3S. The molecule has 2 aliphatic rings. The number of carbonyl (C=O) groups excluding carboxylic acids is 1. The van der Waals surface area contributed by atoms with E-state index in [1.54, 1.807) is 30.3 Å². The molecular weight excluding hydrogens is 398 g/mol. The fraction of sp³-hybridized carbons (Fsp3) is 0.435. The number of likely N-dealkylation sites (tertiary alicyclic amines) is 2. The van der Waals surface area contributed by atoms with E-state index in [9.17, 15) is 13.2 Å². The zero-order valence-corrected chi connectivity index (χ0v) is 18.2. The standard InChI is InChI=1S/C23H29N3O3S/c1-18-6-4-8-20(16-18)24-30(28,29)22-9-5-7-19(17-22)23(27)26-14-10-21(11-15-26)25-12-2-3-13-25/h4-9,16-17,21,24H,2-3,10-15H2,1H3. The summed E-state index contributed by atoms with van der Waals surface area (Å²) < 4.78 is 28.2. The minimum absolute atomic E-state index is 0.0949. The summed E-state index contributed by atoms with van der Waals surface area (Å²) in [5.41, 5.74) is 1.90. The van der Waals surface area contributed by atoms with Crippen LogP contribution in [0, 0.1) is 6.92 Å². The highest BCUT2D eigenvalue weighted by Crippen LogP contribution is 2.23. The van der Waals surface area contributed by atoms with Crippen molar-refractivity contribution in [2.45, 2.75) is 43.5 Å². The van der Waals surface area contributed by atoms with Gasteiger partial charge >= 0.3 is 0 Å². The van der Waals surface area contributed by atoms with Crippen LogP contribution in [0.5, 0.6) is 0 Å². The van der Waals surface area contributed by atoms with E-state index in [0.29, 0.717) is 17.3 Å². The molecule has 0 aromatic heterocycles. The number of hydrogen-bond acceptors (Lipinski definition) is 4. The van der Waals surface area contributed by atoms with Gasteiger partial charge in [-0.05, 0) is 81.6 Å². The van der Waals surface area contributed by atoms with Gasteiger partial charge < -0.3 is 9.80 Å². The Labute approximate surface area is 178 Å². The van der Waals surface area contributed by atoms with Gasteiger partial charge in [-0.1, -0.05) is 18.2 Å². The fourth-order valence-electron chi connectivity index (χ4n) is 4.44. The number of benzene rings is 2. The fourth-order valence-corrected chi connectivity index (χ4v) is 5.54. The van der Waals surface area contributed by atoms with Crippen molar-refractivity contribution in [2.75, 3.05) is 30.9 Å². The quantitative estimate of drug-likeness (QED) is 0.793. The molecule has 0 unspecified atom stereocenters. The van der Waals surface area contributed by atoms with E-state index < -0.39 is 10.0 Å². The van der Waals surface area contributed by atoms with Gasteiger partial charge in [0, 0.05) is 30.4 Å². The van der Waals surface area contributed by atoms with Crippen molar-refractivity contribution in [3.05, 3.63) is 59.7 Å². The van der Waals surface area contributed by atoms with Gasteiger partial charge in [-0.3, -0.25) is 9.52 Å². The number of aryl methyl sites for hydroxylation is 1. The van der Waals surface area contributed by atoms with Gasteiger partial charge in [0.05, 0.1) is 4.90 Å². The summed E-state index contributed by atoms with van der Waals surface area (Å²) in [6.07, 6.45) is 4.52. The summed E-state index contributed by atoms with van der Waals surface area (Å²) in [5, 5.41) is 0. The molecule has 2 fully saturated rings. The van der Waals surface area contributed by atoms with Crippen LogP contribution in [-0.4, -0.2) is 56.3 Å². The van der Waals surface area contributed by atoms with Gasteiger partial charge in [0.1, 0.15) is 0 Å². The Morgan fingerprint density at radius 1 is 0.967 bits per heavy atom. The lowest BCUT2D eigenvalue weighted by Gasteiger charge is -2.36. The first-order chi connectivity index (χ1) is 14.4. The van der Waals surface area contributed by atoms with Crippen molar-refractivity contribution in [2.24, 2.45) is 0 Å².